The number of aliphatic hydroxyl groups excluding tert-OH is 1. The van der Waals surface area contributed by atoms with Crippen molar-refractivity contribution in [2.75, 3.05) is 0 Å². The lowest BCUT2D eigenvalue weighted by Gasteiger charge is -2.26. The predicted octanol–water partition coefficient (Wildman–Crippen LogP) is 2.75. The number of para-hydroxylation sites is 1. The van der Waals surface area contributed by atoms with Gasteiger partial charge in [0, 0.05) is 24.2 Å². The molecule has 26 heavy (non-hydrogen) atoms. The van der Waals surface area contributed by atoms with Crippen LogP contribution in [-0.2, 0) is 13.0 Å². The Morgan fingerprint density at radius 1 is 1.23 bits per heavy atom. The summed E-state index contributed by atoms with van der Waals surface area (Å²) in [5.41, 5.74) is 3.69. The van der Waals surface area contributed by atoms with Crippen molar-refractivity contribution in [3.8, 4) is 0 Å². The van der Waals surface area contributed by atoms with E-state index in [1.165, 1.54) is 5.56 Å². The summed E-state index contributed by atoms with van der Waals surface area (Å²) >= 11 is 0. The fourth-order valence-corrected chi connectivity index (χ4v) is 3.99. The van der Waals surface area contributed by atoms with Gasteiger partial charge in [-0.1, -0.05) is 42.5 Å². The van der Waals surface area contributed by atoms with Crippen LogP contribution in [0, 0.1) is 0 Å². The van der Waals surface area contributed by atoms with Gasteiger partial charge < -0.3 is 15.4 Å². The van der Waals surface area contributed by atoms with Gasteiger partial charge in [0.05, 0.1) is 17.1 Å². The van der Waals surface area contributed by atoms with Crippen LogP contribution < -0.4 is 11.0 Å². The molecular weight excluding hydrogens is 326 g/mol. The average Bonchev–Trinajstić information content (AvgIpc) is 2.91. The third-order valence-corrected chi connectivity index (χ3v) is 5.39. The second kappa shape index (κ2) is 7.09. The molecule has 0 saturated heterocycles. The number of H-pyrrole nitrogens is 1. The zero-order chi connectivity index (χ0) is 18.1. The van der Waals surface area contributed by atoms with E-state index in [0.717, 1.165) is 35.9 Å². The number of imidazole rings is 1. The van der Waals surface area contributed by atoms with Crippen LogP contribution in [0.25, 0.3) is 11.0 Å². The number of rotatable bonds is 5. The van der Waals surface area contributed by atoms with Crippen LogP contribution in [-0.4, -0.2) is 26.7 Å². The average molecular weight is 351 g/mol. The molecule has 0 radical (unpaired) electrons. The lowest BCUT2D eigenvalue weighted by molar-refractivity contribution is 0.119. The van der Waals surface area contributed by atoms with E-state index in [-0.39, 0.29) is 17.8 Å². The molecule has 1 aliphatic rings. The maximum absolute atomic E-state index is 12.2. The van der Waals surface area contributed by atoms with Gasteiger partial charge in [0.1, 0.15) is 0 Å². The van der Waals surface area contributed by atoms with Crippen LogP contribution in [0.1, 0.15) is 37.0 Å². The number of nitrogens with one attached hydrogen (secondary N) is 2. The number of benzene rings is 2. The van der Waals surface area contributed by atoms with E-state index in [2.05, 4.69) is 41.5 Å². The molecule has 0 spiro atoms. The van der Waals surface area contributed by atoms with Gasteiger partial charge in [0.15, 0.2) is 0 Å². The van der Waals surface area contributed by atoms with Crippen LogP contribution in [0.2, 0.25) is 0 Å². The summed E-state index contributed by atoms with van der Waals surface area (Å²) in [6, 6.07) is 16.4. The van der Waals surface area contributed by atoms with Crippen LogP contribution in [0.5, 0.6) is 0 Å². The zero-order valence-electron chi connectivity index (χ0n) is 15.0. The van der Waals surface area contributed by atoms with Crippen LogP contribution in [0.3, 0.4) is 0 Å². The number of hydrogen-bond acceptors (Lipinski definition) is 3. The molecule has 3 unspecified atom stereocenters. The Morgan fingerprint density at radius 3 is 2.85 bits per heavy atom. The van der Waals surface area contributed by atoms with E-state index in [9.17, 15) is 9.90 Å². The summed E-state index contributed by atoms with van der Waals surface area (Å²) in [7, 11) is 0. The Bertz CT molecular complexity index is 945. The van der Waals surface area contributed by atoms with Crippen molar-refractivity contribution in [3.05, 3.63) is 70.1 Å². The molecule has 3 N–H and O–H groups in total. The highest BCUT2D eigenvalue weighted by molar-refractivity contribution is 5.79. The van der Waals surface area contributed by atoms with Gasteiger partial charge in [-0.05, 0) is 37.8 Å². The van der Waals surface area contributed by atoms with Gasteiger partial charge in [-0.3, -0.25) is 4.57 Å². The number of aryl methyl sites for hydroxylation is 2. The molecule has 136 valence electrons. The highest BCUT2D eigenvalue weighted by Crippen LogP contribution is 2.30. The highest BCUT2D eigenvalue weighted by atomic mass is 16.3. The standard InChI is InChI=1S/C21H25N3O2/c1-14(10-11-15-6-3-2-4-7-15)22-18-12-13-24-19-16(20(18)25)8-5-9-17(19)23-21(24)26/h2-9,14,18,20,22,25H,10-13H2,1H3,(H,23,26). The molecule has 5 nitrogen and oxygen atoms in total. The maximum atomic E-state index is 12.2. The largest absolute Gasteiger partial charge is 0.387 e. The molecule has 5 heteroatoms. The summed E-state index contributed by atoms with van der Waals surface area (Å²) in [5, 5.41) is 14.6. The summed E-state index contributed by atoms with van der Waals surface area (Å²) < 4.78 is 1.75. The number of hydrogen-bond donors (Lipinski definition) is 3. The summed E-state index contributed by atoms with van der Waals surface area (Å²) in [6.07, 6.45) is 2.11. The Hall–Kier alpha value is -2.37. The lowest BCUT2D eigenvalue weighted by Crippen LogP contribution is -2.41. The van der Waals surface area contributed by atoms with Crippen LogP contribution in [0.15, 0.2) is 53.3 Å². The Balaban J connectivity index is 1.49. The number of aliphatic hydroxyl groups is 1. The maximum Gasteiger partial charge on any atom is 0.326 e. The number of aromatic nitrogens is 2. The first-order chi connectivity index (χ1) is 12.6. The monoisotopic (exact) mass is 351 g/mol. The zero-order valence-corrected chi connectivity index (χ0v) is 15.0. The summed E-state index contributed by atoms with van der Waals surface area (Å²) in [5.74, 6) is 0. The Kier molecular flexibility index (Phi) is 4.66. The normalized spacial score (nSPS) is 20.8. The number of nitrogens with zero attached hydrogens (tertiary/aromatic N) is 1. The molecule has 1 aliphatic heterocycles. The van der Waals surface area contributed by atoms with E-state index in [0.29, 0.717) is 6.54 Å². The van der Waals surface area contributed by atoms with E-state index in [1.807, 2.05) is 24.3 Å². The van der Waals surface area contributed by atoms with E-state index in [4.69, 9.17) is 0 Å². The third kappa shape index (κ3) is 3.20. The van der Waals surface area contributed by atoms with Crippen LogP contribution >= 0.6 is 0 Å². The second-order valence-electron chi connectivity index (χ2n) is 7.26. The van der Waals surface area contributed by atoms with Gasteiger partial charge in [-0.2, -0.15) is 0 Å². The van der Waals surface area contributed by atoms with Crippen molar-refractivity contribution in [3.63, 3.8) is 0 Å². The topological polar surface area (TPSA) is 70.0 Å². The first-order valence-electron chi connectivity index (χ1n) is 9.33. The first-order valence-corrected chi connectivity index (χ1v) is 9.33. The van der Waals surface area contributed by atoms with Crippen molar-refractivity contribution in [2.24, 2.45) is 0 Å². The van der Waals surface area contributed by atoms with Crippen molar-refractivity contribution in [1.29, 1.82) is 0 Å². The summed E-state index contributed by atoms with van der Waals surface area (Å²) in [6.45, 7) is 2.77. The van der Waals surface area contributed by atoms with Crippen molar-refractivity contribution >= 4 is 11.0 Å². The third-order valence-electron chi connectivity index (χ3n) is 5.39. The van der Waals surface area contributed by atoms with E-state index in [1.54, 1.807) is 4.57 Å². The minimum atomic E-state index is -0.623. The Labute approximate surface area is 152 Å². The van der Waals surface area contributed by atoms with Crippen molar-refractivity contribution in [1.82, 2.24) is 14.9 Å². The molecule has 0 aliphatic carbocycles. The predicted molar refractivity (Wildman–Crippen MR) is 103 cm³/mol. The van der Waals surface area contributed by atoms with Gasteiger partial charge >= 0.3 is 5.69 Å². The molecule has 3 aromatic rings. The van der Waals surface area contributed by atoms with Gasteiger partial charge in [0.25, 0.3) is 0 Å². The molecular formula is C21H25N3O2. The number of aromatic amines is 1. The lowest BCUT2D eigenvalue weighted by atomic mass is 9.98. The quantitative estimate of drug-likeness (QED) is 0.662. The van der Waals surface area contributed by atoms with Gasteiger partial charge in [0.2, 0.25) is 0 Å². The van der Waals surface area contributed by atoms with Crippen LogP contribution in [0.4, 0.5) is 0 Å². The van der Waals surface area contributed by atoms with E-state index < -0.39 is 6.10 Å². The summed E-state index contributed by atoms with van der Waals surface area (Å²) in [4.78, 5) is 15.1. The SMILES string of the molecule is CC(CCc1ccccc1)NC1CCn2c(=O)[nH]c3cccc(c32)C1O. The molecule has 0 amide bonds. The Morgan fingerprint density at radius 2 is 2.04 bits per heavy atom. The molecule has 0 fully saturated rings. The van der Waals surface area contributed by atoms with E-state index >= 15 is 0 Å². The molecule has 0 bridgehead atoms. The molecule has 1 aromatic heterocycles. The fourth-order valence-electron chi connectivity index (χ4n) is 3.99. The fraction of sp³-hybridized carbons (Fsp3) is 0.381. The smallest absolute Gasteiger partial charge is 0.326 e. The van der Waals surface area contributed by atoms with Crippen molar-refractivity contribution < 1.29 is 5.11 Å². The van der Waals surface area contributed by atoms with Gasteiger partial charge in [-0.15, -0.1) is 0 Å². The van der Waals surface area contributed by atoms with Crippen molar-refractivity contribution in [2.45, 2.75) is 50.9 Å². The second-order valence-corrected chi connectivity index (χ2v) is 7.26. The highest BCUT2D eigenvalue weighted by Gasteiger charge is 2.28. The molecule has 4 rings (SSSR count). The first kappa shape index (κ1) is 17.1. The molecule has 2 heterocycles. The minimum Gasteiger partial charge on any atom is -0.387 e. The molecule has 3 atom stereocenters. The van der Waals surface area contributed by atoms with Gasteiger partial charge in [-0.25, -0.2) is 4.79 Å². The molecule has 2 aromatic carbocycles. The molecule has 0 saturated carbocycles. The minimum absolute atomic E-state index is 0.0642.